The number of ketones is 1. The van der Waals surface area contributed by atoms with Gasteiger partial charge in [-0.2, -0.15) is 0 Å². The minimum absolute atomic E-state index is 0.0150. The zero-order valence-corrected chi connectivity index (χ0v) is 10.3. The second-order valence-electron chi connectivity index (χ2n) is 4.25. The van der Waals surface area contributed by atoms with Gasteiger partial charge in [0, 0.05) is 30.8 Å². The van der Waals surface area contributed by atoms with Crippen molar-refractivity contribution in [3.63, 3.8) is 0 Å². The Labute approximate surface area is 110 Å². The third kappa shape index (κ3) is 3.09. The van der Waals surface area contributed by atoms with Crippen molar-refractivity contribution >= 4 is 23.5 Å². The number of rotatable bonds is 5. The van der Waals surface area contributed by atoms with Gasteiger partial charge in [0.15, 0.2) is 5.78 Å². The number of carbonyl (C=O) groups excluding carboxylic acids is 2. The molecular weight excluding hydrogens is 248 g/mol. The lowest BCUT2D eigenvalue weighted by molar-refractivity contribution is -0.136. The Morgan fingerprint density at radius 1 is 1.21 bits per heavy atom. The summed E-state index contributed by atoms with van der Waals surface area (Å²) in [4.78, 5) is 35.1. The fourth-order valence-electron chi connectivity index (χ4n) is 1.91. The number of nitrogens with one attached hydrogen (secondary N) is 1. The van der Waals surface area contributed by atoms with E-state index in [1.807, 2.05) is 0 Å². The van der Waals surface area contributed by atoms with Crippen molar-refractivity contribution < 1.29 is 19.5 Å². The summed E-state index contributed by atoms with van der Waals surface area (Å²) in [5.74, 6) is -1.20. The highest BCUT2D eigenvalue weighted by molar-refractivity contribution is 5.99. The van der Waals surface area contributed by atoms with E-state index in [0.29, 0.717) is 18.7 Å². The Kier molecular flexibility index (Phi) is 3.79. The number of anilines is 1. The van der Waals surface area contributed by atoms with Gasteiger partial charge >= 0.3 is 12.0 Å². The average molecular weight is 262 g/mol. The van der Waals surface area contributed by atoms with Gasteiger partial charge in [0.1, 0.15) is 0 Å². The van der Waals surface area contributed by atoms with Crippen LogP contribution in [0.3, 0.4) is 0 Å². The van der Waals surface area contributed by atoms with Gasteiger partial charge in [-0.3, -0.25) is 14.5 Å². The van der Waals surface area contributed by atoms with E-state index in [4.69, 9.17) is 5.11 Å². The number of aliphatic carboxylic acids is 1. The molecule has 19 heavy (non-hydrogen) atoms. The zero-order chi connectivity index (χ0) is 13.8. The lowest BCUT2D eigenvalue weighted by atomic mass is 10.1. The van der Waals surface area contributed by atoms with E-state index in [1.54, 1.807) is 29.2 Å². The minimum Gasteiger partial charge on any atom is -0.481 e. The van der Waals surface area contributed by atoms with Gasteiger partial charge in [-0.1, -0.05) is 0 Å². The van der Waals surface area contributed by atoms with E-state index in [2.05, 4.69) is 5.32 Å². The van der Waals surface area contributed by atoms with Crippen LogP contribution in [-0.2, 0) is 4.79 Å². The van der Waals surface area contributed by atoms with Crippen LogP contribution < -0.4 is 10.2 Å². The molecule has 0 saturated carbocycles. The number of nitrogens with zero attached hydrogens (tertiary/aromatic N) is 1. The molecule has 1 fully saturated rings. The summed E-state index contributed by atoms with van der Waals surface area (Å²) >= 11 is 0. The Bertz CT molecular complexity index is 510. The van der Waals surface area contributed by atoms with Crippen molar-refractivity contribution in [3.05, 3.63) is 29.8 Å². The molecule has 1 heterocycles. The van der Waals surface area contributed by atoms with Crippen molar-refractivity contribution in [1.29, 1.82) is 0 Å². The third-order valence-corrected chi connectivity index (χ3v) is 2.92. The fraction of sp³-hybridized carbons (Fsp3) is 0.308. The molecule has 0 atom stereocenters. The summed E-state index contributed by atoms with van der Waals surface area (Å²) in [5, 5.41) is 11.2. The van der Waals surface area contributed by atoms with Crippen molar-refractivity contribution in [1.82, 2.24) is 5.32 Å². The van der Waals surface area contributed by atoms with E-state index in [1.165, 1.54) is 0 Å². The molecule has 2 rings (SSSR count). The maximum Gasteiger partial charge on any atom is 0.321 e. The SMILES string of the molecule is O=C(O)CCC(=O)c1ccc(N2CCNC2=O)cc1. The van der Waals surface area contributed by atoms with E-state index < -0.39 is 5.97 Å². The van der Waals surface area contributed by atoms with E-state index >= 15 is 0 Å². The molecule has 0 unspecified atom stereocenters. The largest absolute Gasteiger partial charge is 0.481 e. The van der Waals surface area contributed by atoms with Crippen LogP contribution in [0.5, 0.6) is 0 Å². The third-order valence-electron chi connectivity index (χ3n) is 2.92. The van der Waals surface area contributed by atoms with Gasteiger partial charge in [0.25, 0.3) is 0 Å². The van der Waals surface area contributed by atoms with Crippen LogP contribution in [0, 0.1) is 0 Å². The van der Waals surface area contributed by atoms with Crippen LogP contribution in [0.1, 0.15) is 23.2 Å². The van der Waals surface area contributed by atoms with Gasteiger partial charge in [-0.05, 0) is 24.3 Å². The Morgan fingerprint density at radius 3 is 2.42 bits per heavy atom. The lowest BCUT2D eigenvalue weighted by Crippen LogP contribution is -2.27. The molecule has 100 valence electrons. The van der Waals surface area contributed by atoms with E-state index in [9.17, 15) is 14.4 Å². The first-order chi connectivity index (χ1) is 9.08. The quantitative estimate of drug-likeness (QED) is 0.782. The van der Waals surface area contributed by atoms with Crippen molar-refractivity contribution in [2.75, 3.05) is 18.0 Å². The van der Waals surface area contributed by atoms with E-state index in [0.717, 1.165) is 5.69 Å². The highest BCUT2D eigenvalue weighted by atomic mass is 16.4. The Hall–Kier alpha value is -2.37. The molecule has 0 aromatic heterocycles. The van der Waals surface area contributed by atoms with Gasteiger partial charge in [0.2, 0.25) is 0 Å². The number of carboxylic acid groups (broad SMARTS) is 1. The number of benzene rings is 1. The average Bonchev–Trinajstić information content (AvgIpc) is 2.82. The minimum atomic E-state index is -0.987. The van der Waals surface area contributed by atoms with Crippen LogP contribution in [0.4, 0.5) is 10.5 Å². The molecule has 6 nitrogen and oxygen atoms in total. The summed E-state index contributed by atoms with van der Waals surface area (Å²) in [6, 6.07) is 6.47. The zero-order valence-electron chi connectivity index (χ0n) is 10.3. The maximum atomic E-state index is 11.7. The lowest BCUT2D eigenvalue weighted by Gasteiger charge is -2.14. The fourth-order valence-corrected chi connectivity index (χ4v) is 1.91. The number of hydrogen-bond donors (Lipinski definition) is 2. The molecule has 1 aliphatic rings. The summed E-state index contributed by atoms with van der Waals surface area (Å²) < 4.78 is 0. The van der Waals surface area contributed by atoms with Crippen molar-refractivity contribution in [3.8, 4) is 0 Å². The summed E-state index contributed by atoms with van der Waals surface area (Å²) in [6.07, 6.45) is -0.187. The standard InChI is InChI=1S/C13H14N2O4/c16-11(5-6-12(17)18)9-1-3-10(4-2-9)15-8-7-14-13(15)19/h1-4H,5-8H2,(H,14,19)(H,17,18). The number of urea groups is 1. The molecule has 1 aliphatic heterocycles. The normalized spacial score (nSPS) is 14.3. The molecular formula is C13H14N2O4. The molecule has 2 amide bonds. The molecule has 2 N–H and O–H groups in total. The number of amides is 2. The second-order valence-corrected chi connectivity index (χ2v) is 4.25. The summed E-state index contributed by atoms with van der Waals surface area (Å²) in [6.45, 7) is 1.21. The number of carboxylic acids is 1. The van der Waals surface area contributed by atoms with Crippen LogP contribution in [0.15, 0.2) is 24.3 Å². The Balaban J connectivity index is 2.03. The highest BCUT2D eigenvalue weighted by Gasteiger charge is 2.21. The smallest absolute Gasteiger partial charge is 0.321 e. The van der Waals surface area contributed by atoms with E-state index in [-0.39, 0.29) is 24.7 Å². The molecule has 1 aromatic carbocycles. The van der Waals surface area contributed by atoms with Crippen LogP contribution >= 0.6 is 0 Å². The highest BCUT2D eigenvalue weighted by Crippen LogP contribution is 2.18. The first kappa shape index (κ1) is 13.1. The van der Waals surface area contributed by atoms with Gasteiger partial charge in [-0.15, -0.1) is 0 Å². The molecule has 6 heteroatoms. The van der Waals surface area contributed by atoms with Crippen molar-refractivity contribution in [2.24, 2.45) is 0 Å². The van der Waals surface area contributed by atoms with Crippen LogP contribution in [0.25, 0.3) is 0 Å². The summed E-state index contributed by atoms with van der Waals surface area (Å²) in [7, 11) is 0. The van der Waals surface area contributed by atoms with Crippen LogP contribution in [0.2, 0.25) is 0 Å². The van der Waals surface area contributed by atoms with Gasteiger partial charge in [0.05, 0.1) is 6.42 Å². The monoisotopic (exact) mass is 262 g/mol. The molecule has 0 radical (unpaired) electrons. The topological polar surface area (TPSA) is 86.7 Å². The predicted molar refractivity (Wildman–Crippen MR) is 68.4 cm³/mol. The van der Waals surface area contributed by atoms with Crippen LogP contribution in [-0.4, -0.2) is 36.0 Å². The van der Waals surface area contributed by atoms with Gasteiger partial charge < -0.3 is 10.4 Å². The maximum absolute atomic E-state index is 11.7. The molecule has 0 bridgehead atoms. The first-order valence-electron chi connectivity index (χ1n) is 5.98. The molecule has 0 spiro atoms. The predicted octanol–water partition coefficient (Wildman–Crippen LogP) is 1.26. The Morgan fingerprint density at radius 2 is 1.89 bits per heavy atom. The number of Topliss-reactive ketones (excluding diaryl/α,β-unsaturated/α-hetero) is 1. The molecule has 1 aromatic rings. The van der Waals surface area contributed by atoms with Gasteiger partial charge in [-0.25, -0.2) is 4.79 Å². The van der Waals surface area contributed by atoms with Crippen molar-refractivity contribution in [2.45, 2.75) is 12.8 Å². The molecule has 1 saturated heterocycles. The number of carbonyl (C=O) groups is 3. The molecule has 0 aliphatic carbocycles. The second kappa shape index (κ2) is 5.51. The number of hydrogen-bond acceptors (Lipinski definition) is 3. The first-order valence-corrected chi connectivity index (χ1v) is 5.98. The summed E-state index contributed by atoms with van der Waals surface area (Å²) in [5.41, 5.74) is 1.19.